The van der Waals surface area contributed by atoms with Crippen LogP contribution in [-0.4, -0.2) is 28.1 Å². The van der Waals surface area contributed by atoms with Gasteiger partial charge in [0.15, 0.2) is 0 Å². The summed E-state index contributed by atoms with van der Waals surface area (Å²) in [7, 11) is 0. The average Bonchev–Trinajstić information content (AvgIpc) is 3.74. The fraction of sp³-hybridized carbons (Fsp3) is 0.368. The molecule has 0 bridgehead atoms. The number of rotatable bonds is 4. The molecule has 2 aliphatic heterocycles. The van der Waals surface area contributed by atoms with Gasteiger partial charge < -0.3 is 14.0 Å². The quantitative estimate of drug-likeness (QED) is 0.172. The summed E-state index contributed by atoms with van der Waals surface area (Å²) in [5.41, 5.74) is 10.7. The molecule has 0 amide bonds. The van der Waals surface area contributed by atoms with Gasteiger partial charge in [0.05, 0.1) is 18.2 Å². The molecule has 6 heteroatoms. The van der Waals surface area contributed by atoms with E-state index in [2.05, 4.69) is 94.6 Å². The molecule has 4 heterocycles. The first kappa shape index (κ1) is 29.3. The summed E-state index contributed by atoms with van der Waals surface area (Å²) in [6, 6.07) is 20.8. The minimum atomic E-state index is -0.207. The molecule has 3 aromatic carbocycles. The third kappa shape index (κ3) is 4.37. The molecule has 3 aliphatic rings. The molecule has 44 heavy (non-hydrogen) atoms. The standard InChI is InChI=1S/C38H37N3O2.Pt/c1-21-14-28-26-12-9-13-29-35(26)41(36(28)39-19-21)32-18-34(24(4)16-30(32)38(29,5)6)43-33-17-27(22(2)15-23(33)3)37-40-31(20-42-37)25-10-7-8-11-25;/h9,12-16,19,25,31H,7-8,10-11,20H2,1-6H3;/q-2;+2/t31-;/m0./s1. The summed E-state index contributed by atoms with van der Waals surface area (Å²) in [6.45, 7) is 13.7. The van der Waals surface area contributed by atoms with E-state index >= 15 is 0 Å². The molecule has 1 saturated carbocycles. The molecule has 226 valence electrons. The summed E-state index contributed by atoms with van der Waals surface area (Å²) in [5, 5.41) is 2.39. The van der Waals surface area contributed by atoms with E-state index < -0.39 is 0 Å². The predicted octanol–water partition coefficient (Wildman–Crippen LogP) is 8.78. The SMILES string of the molecule is Cc1cnc2c(c1)c1cccc3c1n2-c1[c-]c(Oc2[c-]c(C4=N[C@H](C5CCCC5)CO4)c(C)cc2C)c(C)cc1C3(C)C.[Pt+2]. The Morgan fingerprint density at radius 2 is 1.66 bits per heavy atom. The number of benzene rings is 3. The fourth-order valence-electron chi connectivity index (χ4n) is 7.61. The molecule has 2 aromatic heterocycles. The van der Waals surface area contributed by atoms with Crippen LogP contribution in [0.4, 0.5) is 0 Å². The van der Waals surface area contributed by atoms with Gasteiger partial charge in [0.2, 0.25) is 0 Å². The molecule has 5 nitrogen and oxygen atoms in total. The first-order valence-corrected chi connectivity index (χ1v) is 15.6. The Morgan fingerprint density at radius 3 is 2.45 bits per heavy atom. The average molecular weight is 763 g/mol. The summed E-state index contributed by atoms with van der Waals surface area (Å²) >= 11 is 0. The van der Waals surface area contributed by atoms with Gasteiger partial charge in [0.25, 0.3) is 0 Å². The van der Waals surface area contributed by atoms with E-state index in [0.29, 0.717) is 29.9 Å². The van der Waals surface area contributed by atoms with Crippen molar-refractivity contribution in [3.8, 4) is 17.2 Å². The van der Waals surface area contributed by atoms with Crippen molar-refractivity contribution in [3.63, 3.8) is 0 Å². The first-order chi connectivity index (χ1) is 20.7. The Bertz CT molecular complexity index is 2000. The van der Waals surface area contributed by atoms with Crippen LogP contribution in [0.3, 0.4) is 0 Å². The van der Waals surface area contributed by atoms with Crippen LogP contribution in [0.15, 0.2) is 47.6 Å². The molecule has 0 saturated heterocycles. The second-order valence-corrected chi connectivity index (χ2v) is 13.4. The van der Waals surface area contributed by atoms with Crippen molar-refractivity contribution < 1.29 is 30.5 Å². The molecule has 0 radical (unpaired) electrons. The number of ether oxygens (including phenoxy) is 2. The Morgan fingerprint density at radius 1 is 0.909 bits per heavy atom. The van der Waals surface area contributed by atoms with E-state index in [4.69, 9.17) is 19.5 Å². The number of pyridine rings is 1. The number of para-hydroxylation sites is 1. The first-order valence-electron chi connectivity index (χ1n) is 15.6. The molecule has 8 rings (SSSR count). The van der Waals surface area contributed by atoms with E-state index in [9.17, 15) is 0 Å². The molecule has 5 aromatic rings. The van der Waals surface area contributed by atoms with Crippen molar-refractivity contribution in [2.24, 2.45) is 10.9 Å². The van der Waals surface area contributed by atoms with Crippen LogP contribution in [0.5, 0.6) is 11.5 Å². The van der Waals surface area contributed by atoms with Gasteiger partial charge in [-0.3, -0.25) is 4.99 Å². The van der Waals surface area contributed by atoms with Crippen molar-refractivity contribution in [2.75, 3.05) is 6.61 Å². The van der Waals surface area contributed by atoms with Gasteiger partial charge >= 0.3 is 21.1 Å². The number of nitrogens with zero attached hydrogens (tertiary/aromatic N) is 3. The zero-order valence-electron chi connectivity index (χ0n) is 26.2. The number of hydrogen-bond acceptors (Lipinski definition) is 4. The van der Waals surface area contributed by atoms with Crippen LogP contribution in [0, 0.1) is 45.7 Å². The Labute approximate surface area is 274 Å². The van der Waals surface area contributed by atoms with Crippen LogP contribution in [-0.2, 0) is 31.2 Å². The number of hydrogen-bond donors (Lipinski definition) is 0. The maximum atomic E-state index is 6.69. The minimum absolute atomic E-state index is 0. The maximum absolute atomic E-state index is 6.69. The van der Waals surface area contributed by atoms with Crippen molar-refractivity contribution >= 4 is 27.8 Å². The maximum Gasteiger partial charge on any atom is 2.00 e. The van der Waals surface area contributed by atoms with Gasteiger partial charge in [0, 0.05) is 28.5 Å². The van der Waals surface area contributed by atoms with Crippen molar-refractivity contribution in [1.82, 2.24) is 9.55 Å². The molecular formula is C38H37N3O2Pt. The number of aryl methyl sites for hydroxylation is 4. The second-order valence-electron chi connectivity index (χ2n) is 13.4. The van der Waals surface area contributed by atoms with Crippen LogP contribution < -0.4 is 4.74 Å². The Hall–Kier alpha value is -3.43. The molecule has 0 unspecified atom stereocenters. The van der Waals surface area contributed by atoms with Gasteiger partial charge in [-0.25, -0.2) is 4.98 Å². The van der Waals surface area contributed by atoms with Crippen molar-refractivity contribution in [2.45, 2.75) is 78.7 Å². The van der Waals surface area contributed by atoms with E-state index in [1.807, 2.05) is 6.20 Å². The summed E-state index contributed by atoms with van der Waals surface area (Å²) in [6.07, 6.45) is 7.07. The Balaban J connectivity index is 0.00000312. The van der Waals surface area contributed by atoms with Gasteiger partial charge in [-0.05, 0) is 48.3 Å². The van der Waals surface area contributed by atoms with Gasteiger partial charge in [-0.1, -0.05) is 88.5 Å². The van der Waals surface area contributed by atoms with Crippen LogP contribution in [0.25, 0.3) is 27.6 Å². The molecule has 1 fully saturated rings. The third-order valence-electron chi connectivity index (χ3n) is 10.0. The fourth-order valence-corrected chi connectivity index (χ4v) is 7.61. The number of aromatic nitrogens is 2. The largest absolute Gasteiger partial charge is 2.00 e. The topological polar surface area (TPSA) is 48.6 Å². The molecule has 0 N–H and O–H groups in total. The number of aliphatic imine (C=N–C) groups is 1. The smallest absolute Gasteiger partial charge is 0.518 e. The molecular weight excluding hydrogens is 726 g/mol. The summed E-state index contributed by atoms with van der Waals surface area (Å²) in [5.74, 6) is 2.72. The summed E-state index contributed by atoms with van der Waals surface area (Å²) < 4.78 is 15.1. The predicted molar refractivity (Wildman–Crippen MR) is 172 cm³/mol. The molecule has 0 spiro atoms. The zero-order valence-corrected chi connectivity index (χ0v) is 28.5. The van der Waals surface area contributed by atoms with Gasteiger partial charge in [0.1, 0.15) is 11.5 Å². The molecule has 1 atom stereocenters. The van der Waals surface area contributed by atoms with E-state index in [-0.39, 0.29) is 32.5 Å². The zero-order chi connectivity index (χ0) is 29.6. The van der Waals surface area contributed by atoms with E-state index in [0.717, 1.165) is 44.5 Å². The second kappa shape index (κ2) is 10.6. The van der Waals surface area contributed by atoms with Crippen molar-refractivity contribution in [1.29, 1.82) is 0 Å². The monoisotopic (exact) mass is 762 g/mol. The van der Waals surface area contributed by atoms with Crippen molar-refractivity contribution in [3.05, 3.63) is 93.7 Å². The summed E-state index contributed by atoms with van der Waals surface area (Å²) in [4.78, 5) is 9.96. The third-order valence-corrected chi connectivity index (χ3v) is 10.0. The van der Waals surface area contributed by atoms with Gasteiger partial charge in [-0.15, -0.1) is 28.8 Å². The minimum Gasteiger partial charge on any atom is -0.518 e. The number of fused-ring (bicyclic) bond motifs is 5. The van der Waals surface area contributed by atoms with Crippen LogP contribution in [0.1, 0.15) is 78.5 Å². The van der Waals surface area contributed by atoms with Crippen LogP contribution in [0.2, 0.25) is 0 Å². The van der Waals surface area contributed by atoms with Gasteiger partial charge in [-0.2, -0.15) is 6.07 Å². The normalized spacial score (nSPS) is 18.7. The van der Waals surface area contributed by atoms with Crippen LogP contribution >= 0.6 is 0 Å². The Kier molecular flexibility index (Phi) is 7.05. The molecule has 1 aliphatic carbocycles. The van der Waals surface area contributed by atoms with E-state index in [1.165, 1.54) is 47.7 Å². The van der Waals surface area contributed by atoms with E-state index in [1.54, 1.807) is 0 Å².